The van der Waals surface area contributed by atoms with Gasteiger partial charge in [0.2, 0.25) is 5.91 Å². The monoisotopic (exact) mass is 572 g/mol. The van der Waals surface area contributed by atoms with Crippen LogP contribution in [0.2, 0.25) is 0 Å². The van der Waals surface area contributed by atoms with E-state index in [1.165, 1.54) is 11.3 Å². The van der Waals surface area contributed by atoms with Crippen LogP contribution >= 0.6 is 11.3 Å². The lowest BCUT2D eigenvalue weighted by molar-refractivity contribution is -0.119. The first-order valence-corrected chi connectivity index (χ1v) is 14.2. The van der Waals surface area contributed by atoms with Gasteiger partial charge in [-0.1, -0.05) is 49.4 Å². The highest BCUT2D eigenvalue weighted by molar-refractivity contribution is 7.23. The van der Waals surface area contributed by atoms with Crippen LogP contribution in [0, 0.1) is 0 Å². The highest BCUT2D eigenvalue weighted by Gasteiger charge is 2.44. The highest BCUT2D eigenvalue weighted by Crippen LogP contribution is 2.37. The molecule has 41 heavy (non-hydrogen) atoms. The summed E-state index contributed by atoms with van der Waals surface area (Å²) in [6.45, 7) is 8.33. The molecular formula is C29H32N8O3S. The summed E-state index contributed by atoms with van der Waals surface area (Å²) in [5.41, 5.74) is 3.06. The summed E-state index contributed by atoms with van der Waals surface area (Å²) in [5.74, 6) is 1.92. The largest absolute Gasteiger partial charge is 0.359 e. The van der Waals surface area contributed by atoms with Crippen molar-refractivity contribution in [1.29, 1.82) is 0 Å². The zero-order valence-electron chi connectivity index (χ0n) is 23.6. The van der Waals surface area contributed by atoms with Gasteiger partial charge in [-0.25, -0.2) is 14.8 Å². The fourth-order valence-electron chi connectivity index (χ4n) is 4.80. The van der Waals surface area contributed by atoms with Crippen LogP contribution in [-0.4, -0.2) is 50.6 Å². The maximum Gasteiger partial charge on any atom is 0.324 e. The second-order valence-corrected chi connectivity index (χ2v) is 12.6. The molecule has 12 heteroatoms. The van der Waals surface area contributed by atoms with E-state index in [9.17, 15) is 9.59 Å². The molecule has 1 fully saturated rings. The van der Waals surface area contributed by atoms with Gasteiger partial charge in [0.25, 0.3) is 0 Å². The SMILES string of the molecule is CC(=O)NC1(CN(C)c2ccc3c(n2)sc2nc(-c4ccc(NC(=O)Nc5cc(C(C)(C)C)on5)cc4)cn23)CC1. The minimum atomic E-state index is -0.402. The van der Waals surface area contributed by atoms with Gasteiger partial charge < -0.3 is 20.1 Å². The van der Waals surface area contributed by atoms with Crippen LogP contribution in [0.25, 0.3) is 26.6 Å². The number of aromatic nitrogens is 4. The summed E-state index contributed by atoms with van der Waals surface area (Å²) in [6, 6.07) is 12.9. The Balaban J connectivity index is 1.13. The van der Waals surface area contributed by atoms with Crippen LogP contribution in [0.3, 0.4) is 0 Å². The van der Waals surface area contributed by atoms with Crippen LogP contribution < -0.4 is 20.9 Å². The van der Waals surface area contributed by atoms with E-state index in [0.29, 0.717) is 17.3 Å². The fourth-order valence-corrected chi connectivity index (χ4v) is 5.78. The number of nitrogens with zero attached hydrogens (tertiary/aromatic N) is 5. The number of carbonyl (C=O) groups is 2. The van der Waals surface area contributed by atoms with Gasteiger partial charge >= 0.3 is 6.03 Å². The lowest BCUT2D eigenvalue weighted by Crippen LogP contribution is -2.44. The molecule has 3 N–H and O–H groups in total. The van der Waals surface area contributed by atoms with Crippen molar-refractivity contribution in [3.63, 3.8) is 0 Å². The zero-order valence-corrected chi connectivity index (χ0v) is 24.4. The molecule has 0 spiro atoms. The summed E-state index contributed by atoms with van der Waals surface area (Å²) < 4.78 is 7.37. The predicted octanol–water partition coefficient (Wildman–Crippen LogP) is 5.65. The van der Waals surface area contributed by atoms with Crippen molar-refractivity contribution < 1.29 is 14.1 Å². The van der Waals surface area contributed by atoms with Gasteiger partial charge in [0.15, 0.2) is 10.8 Å². The summed E-state index contributed by atoms with van der Waals surface area (Å²) in [4.78, 5) is 37.6. The number of anilines is 3. The maximum atomic E-state index is 12.4. The highest BCUT2D eigenvalue weighted by atomic mass is 32.1. The number of thiazole rings is 1. The first kappa shape index (κ1) is 26.8. The van der Waals surface area contributed by atoms with Crippen LogP contribution in [0.5, 0.6) is 0 Å². The normalized spacial score (nSPS) is 14.3. The van der Waals surface area contributed by atoms with Crippen LogP contribution in [0.4, 0.5) is 22.1 Å². The van der Waals surface area contributed by atoms with E-state index in [4.69, 9.17) is 14.5 Å². The third-order valence-electron chi connectivity index (χ3n) is 7.10. The molecule has 5 aromatic rings. The van der Waals surface area contributed by atoms with E-state index in [-0.39, 0.29) is 16.9 Å². The van der Waals surface area contributed by atoms with Crippen molar-refractivity contribution in [2.24, 2.45) is 0 Å². The number of rotatable bonds is 7. The van der Waals surface area contributed by atoms with Crippen LogP contribution in [0.15, 0.2) is 53.2 Å². The number of pyridine rings is 1. The van der Waals surface area contributed by atoms with E-state index in [1.807, 2.05) is 64.3 Å². The topological polar surface area (TPSA) is 130 Å². The van der Waals surface area contributed by atoms with Crippen molar-refractivity contribution in [1.82, 2.24) is 24.8 Å². The van der Waals surface area contributed by atoms with Gasteiger partial charge in [-0.15, -0.1) is 0 Å². The number of carbonyl (C=O) groups excluding carboxylic acids is 2. The molecule has 0 aliphatic heterocycles. The van der Waals surface area contributed by atoms with Crippen molar-refractivity contribution >= 4 is 55.9 Å². The molecule has 0 radical (unpaired) electrons. The standard InChI is InChI=1S/C29H32N8O3S/c1-17(38)34-29(12-13-29)16-36(5)24-11-10-21-25(33-24)41-27-31-20(15-37(21)27)18-6-8-19(9-7-18)30-26(39)32-23-14-22(40-35-23)28(2,3)4/h6-11,14-15H,12-13,16H2,1-5H3,(H,34,38)(H2,30,32,35,39). The molecule has 1 saturated carbocycles. The third kappa shape index (κ3) is 5.60. The third-order valence-corrected chi connectivity index (χ3v) is 8.07. The molecule has 0 bridgehead atoms. The number of benzene rings is 1. The number of likely N-dealkylation sites (N-methyl/N-ethyl adjacent to an activating group) is 1. The minimum Gasteiger partial charge on any atom is -0.359 e. The first-order chi connectivity index (χ1) is 19.5. The average molecular weight is 573 g/mol. The lowest BCUT2D eigenvalue weighted by atomic mass is 9.93. The Kier molecular flexibility index (Phi) is 6.45. The van der Waals surface area contributed by atoms with Gasteiger partial charge in [-0.2, -0.15) is 0 Å². The van der Waals surface area contributed by atoms with Gasteiger partial charge in [-0.3, -0.25) is 14.5 Å². The zero-order chi connectivity index (χ0) is 28.9. The maximum absolute atomic E-state index is 12.4. The number of hydrogen-bond acceptors (Lipinski definition) is 8. The van der Waals surface area contributed by atoms with Gasteiger partial charge in [-0.05, 0) is 37.1 Å². The number of hydrogen-bond donors (Lipinski definition) is 3. The minimum absolute atomic E-state index is 0.00339. The number of imidazole rings is 1. The van der Waals surface area contributed by atoms with E-state index in [2.05, 4.69) is 36.5 Å². The van der Waals surface area contributed by atoms with E-state index in [1.54, 1.807) is 13.0 Å². The number of fused-ring (bicyclic) bond motifs is 3. The Labute approximate surface area is 240 Å². The summed E-state index contributed by atoms with van der Waals surface area (Å²) in [6.07, 6.45) is 3.97. The molecule has 0 atom stereocenters. The summed E-state index contributed by atoms with van der Waals surface area (Å²) in [7, 11) is 2.01. The van der Waals surface area contributed by atoms with Crippen LogP contribution in [-0.2, 0) is 10.2 Å². The Morgan fingerprint density at radius 3 is 2.51 bits per heavy atom. The second-order valence-electron chi connectivity index (χ2n) is 11.7. The van der Waals surface area contributed by atoms with Crippen molar-refractivity contribution in [2.45, 2.75) is 51.5 Å². The molecule has 1 aromatic carbocycles. The lowest BCUT2D eigenvalue weighted by Gasteiger charge is -2.25. The molecule has 11 nitrogen and oxygen atoms in total. The molecule has 1 aliphatic carbocycles. The van der Waals surface area contributed by atoms with Gasteiger partial charge in [0.1, 0.15) is 16.4 Å². The molecule has 0 saturated heterocycles. The number of urea groups is 1. The van der Waals surface area contributed by atoms with Gasteiger partial charge in [0, 0.05) is 49.4 Å². The summed E-state index contributed by atoms with van der Waals surface area (Å²) >= 11 is 1.53. The molecule has 4 aromatic heterocycles. The Hall–Kier alpha value is -4.45. The Bertz CT molecular complexity index is 1760. The Morgan fingerprint density at radius 1 is 1.10 bits per heavy atom. The summed E-state index contributed by atoms with van der Waals surface area (Å²) in [5, 5.41) is 12.5. The number of amides is 3. The first-order valence-electron chi connectivity index (χ1n) is 13.4. The predicted molar refractivity (Wildman–Crippen MR) is 161 cm³/mol. The second kappa shape index (κ2) is 9.88. The smallest absolute Gasteiger partial charge is 0.324 e. The average Bonchev–Trinajstić information content (AvgIpc) is 3.22. The van der Waals surface area contributed by atoms with Crippen molar-refractivity contribution in [3.8, 4) is 11.3 Å². The molecule has 212 valence electrons. The van der Waals surface area contributed by atoms with E-state index < -0.39 is 6.03 Å². The molecule has 3 amide bonds. The molecule has 4 heterocycles. The quantitative estimate of drug-likeness (QED) is 0.230. The van der Waals surface area contributed by atoms with Crippen LogP contribution in [0.1, 0.15) is 46.3 Å². The Morgan fingerprint density at radius 2 is 1.85 bits per heavy atom. The molecule has 1 aliphatic rings. The molecule has 0 unspecified atom stereocenters. The van der Waals surface area contributed by atoms with Crippen molar-refractivity contribution in [2.75, 3.05) is 29.1 Å². The molecular weight excluding hydrogens is 540 g/mol. The van der Waals surface area contributed by atoms with Crippen molar-refractivity contribution in [3.05, 3.63) is 54.4 Å². The fraction of sp³-hybridized carbons (Fsp3) is 0.345. The van der Waals surface area contributed by atoms with E-state index in [0.717, 1.165) is 51.8 Å². The molecule has 6 rings (SSSR count). The number of nitrogens with one attached hydrogen (secondary N) is 3. The van der Waals surface area contributed by atoms with Gasteiger partial charge in [0.05, 0.1) is 16.7 Å². The van der Waals surface area contributed by atoms with E-state index >= 15 is 0 Å².